The quantitative estimate of drug-likeness (QED) is 0.489. The van der Waals surface area contributed by atoms with Crippen LogP contribution in [0, 0.1) is 0 Å². The molecule has 0 unspecified atom stereocenters. The Bertz CT molecular complexity index is 87.1. The topological polar surface area (TPSA) is 69.2 Å². The predicted molar refractivity (Wildman–Crippen MR) is 61.6 cm³/mol. The average molecular weight is 323 g/mol. The number of hydrogen-bond acceptors (Lipinski definition) is 3. The van der Waals surface area contributed by atoms with E-state index in [9.17, 15) is 0 Å². The molecule has 0 aliphatic rings. The van der Waals surface area contributed by atoms with Gasteiger partial charge in [0, 0.05) is 0 Å². The van der Waals surface area contributed by atoms with E-state index in [4.69, 9.17) is 15.3 Å². The summed E-state index contributed by atoms with van der Waals surface area (Å²) in [6.07, 6.45) is 2.25. The molecule has 0 aromatic heterocycles. The van der Waals surface area contributed by atoms with Crippen molar-refractivity contribution in [1.29, 1.82) is 0 Å². The van der Waals surface area contributed by atoms with Crippen LogP contribution in [0.3, 0.4) is 0 Å². The predicted octanol–water partition coefficient (Wildman–Crippen LogP) is -0.361. The summed E-state index contributed by atoms with van der Waals surface area (Å²) in [6, 6.07) is 0. The van der Waals surface area contributed by atoms with Gasteiger partial charge in [-0.3, -0.25) is 0 Å². The van der Waals surface area contributed by atoms with Gasteiger partial charge in [0.2, 0.25) is 0 Å². The van der Waals surface area contributed by atoms with E-state index in [0.29, 0.717) is 0 Å². The molecule has 0 aliphatic carbocycles. The van der Waals surface area contributed by atoms with Gasteiger partial charge in [-0.25, -0.2) is 0 Å². The van der Waals surface area contributed by atoms with Crippen molar-refractivity contribution in [2.24, 2.45) is 0 Å². The standard InChI is InChI=1S/C5H9.3C2H5O.Sn/c1-4-5(2)3;3*1-2-3;/h4H,1H2,2-3H3;3*2H2,1H3;/q;3*-1;+3. The van der Waals surface area contributed by atoms with Gasteiger partial charge in [0.25, 0.3) is 0 Å². The third kappa shape index (κ3) is 190. The van der Waals surface area contributed by atoms with Gasteiger partial charge in [-0.15, -0.1) is 19.8 Å². The molecule has 0 fully saturated rings. The van der Waals surface area contributed by atoms with Crippen molar-refractivity contribution in [3.8, 4) is 0 Å². The van der Waals surface area contributed by atoms with Gasteiger partial charge in [0.1, 0.15) is 0 Å². The normalized spacial score (nSPS) is 6.80. The minimum absolute atomic E-state index is 0. The Balaban J connectivity index is -0.0000000581. The second kappa shape index (κ2) is 36.6. The van der Waals surface area contributed by atoms with Gasteiger partial charge in [0.15, 0.2) is 0 Å². The number of allylic oxidation sites excluding steroid dienone is 2. The van der Waals surface area contributed by atoms with Crippen LogP contribution < -0.4 is 15.3 Å². The summed E-state index contributed by atoms with van der Waals surface area (Å²) in [5, 5.41) is 26.8. The SMILES string of the molecule is CC(C)=C[CH2][Sn+3].CC[O-].CC[O-].CC[O-]. The molecule has 0 radical (unpaired) electrons. The van der Waals surface area contributed by atoms with E-state index >= 15 is 0 Å². The fourth-order valence-corrected chi connectivity index (χ4v) is 1.37. The number of rotatable bonds is 1. The Hall–Kier alpha value is 0.419. The van der Waals surface area contributed by atoms with Crippen LogP contribution in [0.2, 0.25) is 4.44 Å². The first kappa shape index (κ1) is 24.6. The minimum atomic E-state index is 0. The molecule has 4 heteroatoms. The van der Waals surface area contributed by atoms with Crippen LogP contribution in [0.15, 0.2) is 11.6 Å². The van der Waals surface area contributed by atoms with Crippen molar-refractivity contribution in [3.63, 3.8) is 0 Å². The van der Waals surface area contributed by atoms with Crippen molar-refractivity contribution >= 4 is 22.5 Å². The molecular formula is C11H24O3Sn. The van der Waals surface area contributed by atoms with Gasteiger partial charge in [0.05, 0.1) is 0 Å². The molecule has 0 aliphatic heterocycles. The van der Waals surface area contributed by atoms with E-state index in [1.165, 1.54) is 10.0 Å². The molecule has 0 heterocycles. The van der Waals surface area contributed by atoms with Crippen molar-refractivity contribution in [1.82, 2.24) is 0 Å². The van der Waals surface area contributed by atoms with Crippen LogP contribution in [0.4, 0.5) is 0 Å². The van der Waals surface area contributed by atoms with Gasteiger partial charge < -0.3 is 15.3 Å². The van der Waals surface area contributed by atoms with Gasteiger partial charge in [-0.1, -0.05) is 20.8 Å². The zero-order valence-electron chi connectivity index (χ0n) is 10.6. The van der Waals surface area contributed by atoms with E-state index in [1.54, 1.807) is 43.3 Å². The van der Waals surface area contributed by atoms with Crippen LogP contribution in [0.25, 0.3) is 0 Å². The summed E-state index contributed by atoms with van der Waals surface area (Å²) in [5.41, 5.74) is 1.44. The summed E-state index contributed by atoms with van der Waals surface area (Å²) in [7, 11) is 0. The van der Waals surface area contributed by atoms with Crippen molar-refractivity contribution in [3.05, 3.63) is 11.6 Å². The summed E-state index contributed by atoms with van der Waals surface area (Å²) < 4.78 is 1.26. The van der Waals surface area contributed by atoms with Crippen molar-refractivity contribution in [2.75, 3.05) is 19.8 Å². The monoisotopic (exact) mass is 324 g/mol. The fourth-order valence-electron chi connectivity index (χ4n) is 0.204. The molecule has 0 amide bonds. The molecule has 0 N–H and O–H groups in total. The molecule has 0 atom stereocenters. The Morgan fingerprint density at radius 1 is 0.933 bits per heavy atom. The zero-order valence-corrected chi connectivity index (χ0v) is 13.5. The summed E-state index contributed by atoms with van der Waals surface area (Å²) >= 11 is 1.60. The molecule has 0 saturated heterocycles. The van der Waals surface area contributed by atoms with Crippen molar-refractivity contribution < 1.29 is 15.3 Å². The van der Waals surface area contributed by atoms with E-state index < -0.39 is 0 Å². The molecule has 3 nitrogen and oxygen atoms in total. The summed E-state index contributed by atoms with van der Waals surface area (Å²) in [5.74, 6) is 0. The molecule has 0 spiro atoms. The zero-order chi connectivity index (χ0) is 13.1. The second-order valence-corrected chi connectivity index (χ2v) is 3.52. The van der Waals surface area contributed by atoms with E-state index in [1.807, 2.05) is 0 Å². The van der Waals surface area contributed by atoms with Crippen LogP contribution in [0.5, 0.6) is 0 Å². The number of hydrogen-bond donors (Lipinski definition) is 0. The molecule has 0 rings (SSSR count). The van der Waals surface area contributed by atoms with Crippen LogP contribution in [-0.4, -0.2) is 42.3 Å². The van der Waals surface area contributed by atoms with Crippen LogP contribution in [-0.2, 0) is 0 Å². The van der Waals surface area contributed by atoms with E-state index in [0.717, 1.165) is 0 Å². The smallest absolute Gasteiger partial charge is 0.0809 e. The Morgan fingerprint density at radius 3 is 1.13 bits per heavy atom. The Morgan fingerprint density at radius 2 is 1.13 bits per heavy atom. The molecule has 0 saturated carbocycles. The second-order valence-electron chi connectivity index (χ2n) is 2.35. The minimum Gasteiger partial charge on any atom is -0.855 e. The third-order valence-corrected chi connectivity index (χ3v) is 1.09. The van der Waals surface area contributed by atoms with Crippen molar-refractivity contribution in [2.45, 2.75) is 39.1 Å². The van der Waals surface area contributed by atoms with Crippen LogP contribution >= 0.6 is 0 Å². The van der Waals surface area contributed by atoms with E-state index in [-0.39, 0.29) is 19.8 Å². The fraction of sp³-hybridized carbons (Fsp3) is 0.818. The van der Waals surface area contributed by atoms with Crippen LogP contribution in [0.1, 0.15) is 34.6 Å². The molecule has 15 heavy (non-hydrogen) atoms. The summed E-state index contributed by atoms with van der Waals surface area (Å²) in [4.78, 5) is 0. The largest absolute Gasteiger partial charge is 0.855 e. The van der Waals surface area contributed by atoms with Gasteiger partial charge in [-0.2, -0.15) is 0 Å². The molecule has 0 bridgehead atoms. The molecular weight excluding hydrogens is 299 g/mol. The maximum Gasteiger partial charge on any atom is -0.0809 e. The molecule has 90 valence electrons. The first-order chi connectivity index (χ1) is 7.01. The van der Waals surface area contributed by atoms with Gasteiger partial charge >= 0.3 is 52.5 Å². The third-order valence-electron chi connectivity index (χ3n) is 0.510. The van der Waals surface area contributed by atoms with Gasteiger partial charge in [-0.05, 0) is 0 Å². The Kier molecular flexibility index (Phi) is 60.0. The Labute approximate surface area is 108 Å². The molecule has 0 aromatic rings. The maximum atomic E-state index is 8.93. The van der Waals surface area contributed by atoms with E-state index in [2.05, 4.69) is 19.9 Å². The molecule has 0 aromatic carbocycles. The average Bonchev–Trinajstić information content (AvgIpc) is 2.07. The maximum absolute atomic E-state index is 8.93. The summed E-state index contributed by atoms with van der Waals surface area (Å²) in [6.45, 7) is 8.97. The first-order valence-electron chi connectivity index (χ1n) is 5.04. The first-order valence-corrected chi connectivity index (χ1v) is 7.06.